The molecule has 0 saturated carbocycles. The minimum Gasteiger partial charge on any atom is -0.394 e. The van der Waals surface area contributed by atoms with E-state index in [0.717, 1.165) is 11.5 Å². The number of hydrogen-bond acceptors (Lipinski definition) is 7. The first kappa shape index (κ1) is 17.3. The SMILES string of the molecule is CC1(C)O[C@H]([C@H]2OC(C)(C)O[C@@H]2CO)[C@@H](C2SCCCS2)O1. The molecule has 3 aliphatic heterocycles. The maximum atomic E-state index is 9.64. The highest BCUT2D eigenvalue weighted by Gasteiger charge is 2.55. The van der Waals surface area contributed by atoms with Crippen LogP contribution in [0.15, 0.2) is 0 Å². The number of rotatable bonds is 3. The third-order valence-electron chi connectivity index (χ3n) is 4.01. The Hall–Kier alpha value is 0.500. The molecule has 0 spiro atoms. The Balaban J connectivity index is 1.79. The van der Waals surface area contributed by atoms with Gasteiger partial charge < -0.3 is 24.1 Å². The second-order valence-electron chi connectivity index (χ2n) is 6.85. The van der Waals surface area contributed by atoms with Crippen molar-refractivity contribution in [3.8, 4) is 0 Å². The molecule has 3 fully saturated rings. The zero-order valence-electron chi connectivity index (χ0n) is 13.6. The van der Waals surface area contributed by atoms with Crippen LogP contribution in [0, 0.1) is 0 Å². The van der Waals surface area contributed by atoms with Crippen LogP contribution in [0.3, 0.4) is 0 Å². The molecule has 0 aliphatic carbocycles. The lowest BCUT2D eigenvalue weighted by Crippen LogP contribution is -2.46. The molecule has 22 heavy (non-hydrogen) atoms. The van der Waals surface area contributed by atoms with E-state index in [2.05, 4.69) is 0 Å². The molecule has 0 aromatic heterocycles. The molecule has 0 aromatic carbocycles. The Bertz CT molecular complexity index is 397. The van der Waals surface area contributed by atoms with Crippen molar-refractivity contribution in [3.63, 3.8) is 0 Å². The van der Waals surface area contributed by atoms with E-state index < -0.39 is 11.6 Å². The van der Waals surface area contributed by atoms with E-state index in [4.69, 9.17) is 18.9 Å². The lowest BCUT2D eigenvalue weighted by atomic mass is 10.0. The van der Waals surface area contributed by atoms with Crippen molar-refractivity contribution in [2.24, 2.45) is 0 Å². The Morgan fingerprint density at radius 1 is 0.864 bits per heavy atom. The van der Waals surface area contributed by atoms with Crippen LogP contribution in [0.2, 0.25) is 0 Å². The molecule has 0 unspecified atom stereocenters. The van der Waals surface area contributed by atoms with Crippen molar-refractivity contribution in [1.29, 1.82) is 0 Å². The molecule has 3 heterocycles. The first-order valence-corrected chi connectivity index (χ1v) is 9.96. The summed E-state index contributed by atoms with van der Waals surface area (Å²) in [6.07, 6.45) is 0.273. The molecule has 3 saturated heterocycles. The lowest BCUT2D eigenvalue weighted by Gasteiger charge is -2.31. The van der Waals surface area contributed by atoms with Gasteiger partial charge in [-0.15, -0.1) is 23.5 Å². The van der Waals surface area contributed by atoms with Gasteiger partial charge in [-0.05, 0) is 45.6 Å². The van der Waals surface area contributed by atoms with Crippen molar-refractivity contribution in [3.05, 3.63) is 0 Å². The van der Waals surface area contributed by atoms with Crippen LogP contribution in [-0.2, 0) is 18.9 Å². The van der Waals surface area contributed by atoms with Gasteiger partial charge in [-0.3, -0.25) is 0 Å². The summed E-state index contributed by atoms with van der Waals surface area (Å²) in [6, 6.07) is 0. The van der Waals surface area contributed by atoms with E-state index in [0.29, 0.717) is 4.58 Å². The normalized spacial score (nSPS) is 41.9. The Kier molecular flexibility index (Phi) is 5.06. The smallest absolute Gasteiger partial charge is 0.164 e. The van der Waals surface area contributed by atoms with Crippen LogP contribution >= 0.6 is 23.5 Å². The monoisotopic (exact) mass is 350 g/mol. The van der Waals surface area contributed by atoms with Gasteiger partial charge >= 0.3 is 0 Å². The van der Waals surface area contributed by atoms with Gasteiger partial charge in [-0.25, -0.2) is 0 Å². The molecule has 5 nitrogen and oxygen atoms in total. The van der Waals surface area contributed by atoms with Crippen molar-refractivity contribution in [2.45, 2.75) is 74.7 Å². The zero-order valence-corrected chi connectivity index (χ0v) is 15.2. The van der Waals surface area contributed by atoms with E-state index in [1.54, 1.807) is 0 Å². The van der Waals surface area contributed by atoms with E-state index in [9.17, 15) is 5.11 Å². The first-order chi connectivity index (χ1) is 10.3. The predicted octanol–water partition coefficient (Wildman–Crippen LogP) is 2.22. The van der Waals surface area contributed by atoms with Gasteiger partial charge in [0.2, 0.25) is 0 Å². The minimum atomic E-state index is -0.703. The Morgan fingerprint density at radius 3 is 2.05 bits per heavy atom. The van der Waals surface area contributed by atoms with Crippen molar-refractivity contribution < 1.29 is 24.1 Å². The van der Waals surface area contributed by atoms with Gasteiger partial charge in [0.15, 0.2) is 11.6 Å². The van der Waals surface area contributed by atoms with Gasteiger partial charge in [0.1, 0.15) is 24.4 Å². The van der Waals surface area contributed by atoms with E-state index in [-0.39, 0.29) is 31.0 Å². The predicted molar refractivity (Wildman–Crippen MR) is 88.1 cm³/mol. The van der Waals surface area contributed by atoms with Gasteiger partial charge in [-0.1, -0.05) is 0 Å². The second-order valence-corrected chi connectivity index (χ2v) is 9.65. The number of thioether (sulfide) groups is 2. The summed E-state index contributed by atoms with van der Waals surface area (Å²) in [5.41, 5.74) is 0. The molecular weight excluding hydrogens is 324 g/mol. The molecule has 4 atom stereocenters. The fourth-order valence-corrected chi connectivity index (χ4v) is 6.29. The van der Waals surface area contributed by atoms with Crippen LogP contribution in [-0.4, -0.2) is 63.8 Å². The highest BCUT2D eigenvalue weighted by molar-refractivity contribution is 8.17. The highest BCUT2D eigenvalue weighted by Crippen LogP contribution is 2.45. The van der Waals surface area contributed by atoms with Crippen LogP contribution < -0.4 is 0 Å². The van der Waals surface area contributed by atoms with Crippen LogP contribution in [0.1, 0.15) is 34.1 Å². The van der Waals surface area contributed by atoms with Gasteiger partial charge in [-0.2, -0.15) is 0 Å². The fraction of sp³-hybridized carbons (Fsp3) is 1.00. The summed E-state index contributed by atoms with van der Waals surface area (Å²) in [7, 11) is 0. The van der Waals surface area contributed by atoms with Crippen molar-refractivity contribution in [1.82, 2.24) is 0 Å². The molecular formula is C15H26O5S2. The average Bonchev–Trinajstić information content (AvgIpc) is 2.95. The lowest BCUT2D eigenvalue weighted by molar-refractivity contribution is -0.175. The van der Waals surface area contributed by atoms with Crippen LogP contribution in [0.5, 0.6) is 0 Å². The second kappa shape index (κ2) is 6.43. The maximum absolute atomic E-state index is 9.64. The Morgan fingerprint density at radius 2 is 1.41 bits per heavy atom. The summed E-state index contributed by atoms with van der Waals surface area (Å²) in [4.78, 5) is 0. The quantitative estimate of drug-likeness (QED) is 0.837. The number of aliphatic hydroxyl groups excluding tert-OH is 1. The Labute approximate surface area is 140 Å². The first-order valence-electron chi connectivity index (χ1n) is 7.87. The molecule has 0 bridgehead atoms. The summed E-state index contributed by atoms with van der Waals surface area (Å²) < 4.78 is 24.5. The molecule has 7 heteroatoms. The molecule has 3 aliphatic rings. The molecule has 3 rings (SSSR count). The third-order valence-corrected chi connectivity index (χ3v) is 7.07. The van der Waals surface area contributed by atoms with Crippen LogP contribution in [0.25, 0.3) is 0 Å². The van der Waals surface area contributed by atoms with E-state index in [1.165, 1.54) is 6.42 Å². The molecule has 0 aromatic rings. The van der Waals surface area contributed by atoms with Crippen LogP contribution in [0.4, 0.5) is 0 Å². The number of ether oxygens (including phenoxy) is 4. The zero-order chi connectivity index (χ0) is 16.0. The summed E-state index contributed by atoms with van der Waals surface area (Å²) in [5.74, 6) is 0.971. The largest absolute Gasteiger partial charge is 0.394 e. The minimum absolute atomic E-state index is 0.0538. The average molecular weight is 351 g/mol. The standard InChI is InChI=1S/C15H26O5S2/c1-14(2)17-9(8-16)10(18-14)11-12(20-15(3,4)19-11)13-21-6-5-7-22-13/h9-13,16H,5-8H2,1-4H3/t9-,10+,11-,12+/m1/s1. The summed E-state index contributed by atoms with van der Waals surface area (Å²) >= 11 is 3.86. The number of hydrogen-bond donors (Lipinski definition) is 1. The van der Waals surface area contributed by atoms with Gasteiger partial charge in [0, 0.05) is 0 Å². The van der Waals surface area contributed by atoms with E-state index in [1.807, 2.05) is 51.2 Å². The van der Waals surface area contributed by atoms with Crippen molar-refractivity contribution in [2.75, 3.05) is 18.1 Å². The summed E-state index contributed by atoms with van der Waals surface area (Å²) in [5, 5.41) is 9.64. The molecule has 0 radical (unpaired) electrons. The third kappa shape index (κ3) is 3.61. The van der Waals surface area contributed by atoms with Gasteiger partial charge in [0.05, 0.1) is 11.2 Å². The molecule has 1 N–H and O–H groups in total. The van der Waals surface area contributed by atoms with Gasteiger partial charge in [0.25, 0.3) is 0 Å². The molecule has 0 amide bonds. The highest BCUT2D eigenvalue weighted by atomic mass is 32.2. The van der Waals surface area contributed by atoms with Crippen molar-refractivity contribution >= 4 is 23.5 Å². The fourth-order valence-electron chi connectivity index (χ4n) is 3.26. The summed E-state index contributed by atoms with van der Waals surface area (Å²) in [6.45, 7) is 7.54. The van der Waals surface area contributed by atoms with E-state index >= 15 is 0 Å². The molecule has 128 valence electrons. The number of aliphatic hydroxyl groups is 1. The maximum Gasteiger partial charge on any atom is 0.164 e. The topological polar surface area (TPSA) is 57.2 Å².